The zero-order valence-electron chi connectivity index (χ0n) is 27.4. The second kappa shape index (κ2) is 14.8. The molecule has 3 N–H and O–H groups in total. The van der Waals surface area contributed by atoms with Gasteiger partial charge in [-0.2, -0.15) is 5.26 Å². The number of amides is 3. The van der Waals surface area contributed by atoms with Crippen molar-refractivity contribution in [1.29, 1.82) is 5.26 Å². The van der Waals surface area contributed by atoms with Crippen LogP contribution in [0, 0.1) is 23.1 Å². The van der Waals surface area contributed by atoms with Crippen molar-refractivity contribution in [1.82, 2.24) is 14.6 Å². The van der Waals surface area contributed by atoms with Gasteiger partial charge in [-0.15, -0.1) is 4.72 Å². The average molecular weight is 695 g/mol. The minimum Gasteiger partial charge on any atom is -0.598 e. The van der Waals surface area contributed by atoms with Gasteiger partial charge in [-0.05, 0) is 87.1 Å². The number of nitriles is 1. The highest BCUT2D eigenvalue weighted by molar-refractivity contribution is 7.90. The van der Waals surface area contributed by atoms with Crippen LogP contribution in [-0.2, 0) is 26.4 Å². The molecule has 2 fully saturated rings. The van der Waals surface area contributed by atoms with Gasteiger partial charge in [0.05, 0.1) is 28.4 Å². The molecule has 1 aliphatic carbocycles. The van der Waals surface area contributed by atoms with E-state index in [1.54, 1.807) is 42.5 Å². The van der Waals surface area contributed by atoms with Crippen LogP contribution in [0.2, 0.25) is 5.02 Å². The number of halogens is 2. The largest absolute Gasteiger partial charge is 0.598 e. The Kier molecular flexibility index (Phi) is 11.0. The number of hydrogen-bond acceptors (Lipinski definition) is 7. The molecule has 254 valence electrons. The number of rotatable bonds is 11. The SMILES string of the molecule is CO[C@@H]1C[C@H](C(=O)Nc2cc([C@](CCC3CC3)(N[S@+]([O-])C(C)(C)C)c3cccc(C#N)c3)ccc2F)N(C(=O)Nc2ccc(Cl)cn2)C1. The van der Waals surface area contributed by atoms with Crippen LogP contribution in [0.25, 0.3) is 0 Å². The van der Waals surface area contributed by atoms with Gasteiger partial charge in [0.2, 0.25) is 5.91 Å². The second-order valence-electron chi connectivity index (χ2n) is 13.3. The first-order chi connectivity index (χ1) is 22.8. The Labute approximate surface area is 288 Å². The molecule has 1 aliphatic heterocycles. The van der Waals surface area contributed by atoms with Crippen LogP contribution in [0.5, 0.6) is 0 Å². The summed E-state index contributed by atoms with van der Waals surface area (Å²) in [5, 5.41) is 15.5. The zero-order valence-corrected chi connectivity index (χ0v) is 29.0. The van der Waals surface area contributed by atoms with Crippen LogP contribution >= 0.6 is 11.6 Å². The van der Waals surface area contributed by atoms with Gasteiger partial charge in [0.25, 0.3) is 0 Å². The third-order valence-electron chi connectivity index (χ3n) is 8.77. The Morgan fingerprint density at radius 1 is 1.15 bits per heavy atom. The second-order valence-corrected chi connectivity index (χ2v) is 15.7. The monoisotopic (exact) mass is 694 g/mol. The first-order valence-electron chi connectivity index (χ1n) is 15.9. The normalized spacial score (nSPS) is 19.7. The molecule has 4 atom stereocenters. The van der Waals surface area contributed by atoms with Crippen molar-refractivity contribution in [3.05, 3.63) is 88.3 Å². The number of nitrogens with zero attached hydrogens (tertiary/aromatic N) is 3. The van der Waals surface area contributed by atoms with Crippen LogP contribution in [0.15, 0.2) is 60.8 Å². The van der Waals surface area contributed by atoms with E-state index in [1.807, 2.05) is 26.8 Å². The van der Waals surface area contributed by atoms with E-state index in [0.29, 0.717) is 34.1 Å². The van der Waals surface area contributed by atoms with Gasteiger partial charge in [0.15, 0.2) is 0 Å². The van der Waals surface area contributed by atoms with Crippen LogP contribution in [-0.4, -0.2) is 56.9 Å². The van der Waals surface area contributed by atoms with Crippen LogP contribution in [0.3, 0.4) is 0 Å². The van der Waals surface area contributed by atoms with Crippen molar-refractivity contribution in [3.8, 4) is 6.07 Å². The number of nitrogens with one attached hydrogen (secondary N) is 3. The van der Waals surface area contributed by atoms with E-state index in [9.17, 15) is 19.4 Å². The summed E-state index contributed by atoms with van der Waals surface area (Å²) in [6.07, 6.45) is 4.72. The Morgan fingerprint density at radius 2 is 1.90 bits per heavy atom. The standard InChI is InChI=1S/C35H40ClFN6O4S/c1-34(2,3)48(46)42-35(15-14-22-8-9-22,24-7-5-6-23(16-24)19-38)25-10-12-28(37)29(17-25)40-32(44)30-18-27(47-4)21-43(30)33(45)41-31-13-11-26(36)20-39-31/h5-7,10-13,16-17,20,22,27,30,42H,8-9,14-15,18,21H2,1-4H3,(H,40,44)(H,39,41,45)/t27-,30-,35-,48-/m1/s1. The maximum atomic E-state index is 15.5. The average Bonchev–Trinajstić information content (AvgIpc) is 3.79. The molecule has 13 heteroatoms. The molecule has 2 heterocycles. The summed E-state index contributed by atoms with van der Waals surface area (Å²) in [5.41, 5.74) is 0.558. The van der Waals surface area contributed by atoms with Crippen molar-refractivity contribution >= 4 is 46.4 Å². The number of carbonyl (C=O) groups is 2. The zero-order chi connectivity index (χ0) is 34.6. The van der Waals surface area contributed by atoms with E-state index in [4.69, 9.17) is 16.3 Å². The van der Waals surface area contributed by atoms with Crippen molar-refractivity contribution in [3.63, 3.8) is 0 Å². The van der Waals surface area contributed by atoms with Gasteiger partial charge in [0.1, 0.15) is 28.0 Å². The summed E-state index contributed by atoms with van der Waals surface area (Å²) in [6.45, 7) is 5.73. The Morgan fingerprint density at radius 3 is 2.54 bits per heavy atom. The Balaban J connectivity index is 1.49. The molecule has 48 heavy (non-hydrogen) atoms. The smallest absolute Gasteiger partial charge is 0.323 e. The maximum Gasteiger partial charge on any atom is 0.323 e. The fourth-order valence-electron chi connectivity index (χ4n) is 5.79. The van der Waals surface area contributed by atoms with Gasteiger partial charge in [-0.1, -0.05) is 42.6 Å². The summed E-state index contributed by atoms with van der Waals surface area (Å²) < 4.78 is 37.6. The topological polar surface area (TPSA) is 142 Å². The molecule has 1 saturated heterocycles. The van der Waals surface area contributed by atoms with Crippen molar-refractivity contribution in [2.45, 2.75) is 75.3 Å². The highest BCUT2D eigenvalue weighted by Gasteiger charge is 2.44. The van der Waals surface area contributed by atoms with Gasteiger partial charge in [0, 0.05) is 37.6 Å². The van der Waals surface area contributed by atoms with Gasteiger partial charge in [-0.25, -0.2) is 14.2 Å². The molecule has 3 amide bonds. The number of pyridine rings is 1. The first kappa shape index (κ1) is 35.6. The molecule has 3 aromatic rings. The van der Waals surface area contributed by atoms with Crippen molar-refractivity contribution < 1.29 is 23.3 Å². The lowest BCUT2D eigenvalue weighted by Gasteiger charge is -2.39. The van der Waals surface area contributed by atoms with Gasteiger partial charge < -0.3 is 19.5 Å². The number of urea groups is 1. The number of anilines is 2. The number of ether oxygens (including phenoxy) is 1. The Hall–Kier alpha value is -3.73. The molecule has 0 spiro atoms. The van der Waals surface area contributed by atoms with E-state index in [0.717, 1.165) is 19.3 Å². The molecule has 0 radical (unpaired) electrons. The minimum absolute atomic E-state index is 0.0892. The maximum absolute atomic E-state index is 15.5. The van der Waals surface area contributed by atoms with Crippen molar-refractivity contribution in [2.24, 2.45) is 5.92 Å². The van der Waals surface area contributed by atoms with E-state index < -0.39 is 51.5 Å². The highest BCUT2D eigenvalue weighted by atomic mass is 35.5. The fourth-order valence-corrected chi connectivity index (χ4v) is 6.86. The van der Waals surface area contributed by atoms with E-state index >= 15 is 4.39 Å². The molecule has 10 nitrogen and oxygen atoms in total. The number of likely N-dealkylation sites (tertiary alicyclic amines) is 1. The summed E-state index contributed by atoms with van der Waals surface area (Å²) >= 11 is 4.36. The Bertz CT molecular complexity index is 1680. The van der Waals surface area contributed by atoms with Gasteiger partial charge in [-0.3, -0.25) is 10.1 Å². The van der Waals surface area contributed by atoms with Crippen molar-refractivity contribution in [2.75, 3.05) is 24.3 Å². The predicted molar refractivity (Wildman–Crippen MR) is 184 cm³/mol. The van der Waals surface area contributed by atoms with Crippen LogP contribution < -0.4 is 15.4 Å². The molecular weight excluding hydrogens is 655 g/mol. The van der Waals surface area contributed by atoms with Gasteiger partial charge >= 0.3 is 6.03 Å². The van der Waals surface area contributed by atoms with Crippen LogP contribution in [0.1, 0.15) is 69.6 Å². The number of benzene rings is 2. The van der Waals surface area contributed by atoms with E-state index in [-0.39, 0.29) is 24.5 Å². The number of aromatic nitrogens is 1. The number of methoxy groups -OCH3 is 1. The highest BCUT2D eigenvalue weighted by Crippen LogP contribution is 2.43. The lowest BCUT2D eigenvalue weighted by molar-refractivity contribution is -0.119. The molecule has 2 aromatic carbocycles. The predicted octanol–water partition coefficient (Wildman–Crippen LogP) is 6.49. The molecule has 0 bridgehead atoms. The summed E-state index contributed by atoms with van der Waals surface area (Å²) in [7, 11) is 1.50. The molecule has 5 rings (SSSR count). The fraction of sp³-hybridized carbons (Fsp3) is 0.429. The van der Waals surface area contributed by atoms with Crippen LogP contribution in [0.4, 0.5) is 20.7 Å². The third-order valence-corrected chi connectivity index (χ3v) is 10.6. The molecule has 1 saturated carbocycles. The molecule has 2 aliphatic rings. The van der Waals surface area contributed by atoms with E-state index in [1.165, 1.54) is 24.3 Å². The summed E-state index contributed by atoms with van der Waals surface area (Å²) in [5.74, 6) is -0.490. The summed E-state index contributed by atoms with van der Waals surface area (Å²) in [6, 6.07) is 15.3. The molecule has 1 aromatic heterocycles. The minimum atomic E-state index is -1.56. The number of carbonyl (C=O) groups excluding carboxylic acids is 2. The quantitative estimate of drug-likeness (QED) is 0.195. The lowest BCUT2D eigenvalue weighted by Crippen LogP contribution is -2.52. The molecular formula is C35H40ClFN6O4S. The first-order valence-corrected chi connectivity index (χ1v) is 17.4. The lowest BCUT2D eigenvalue weighted by atomic mass is 9.79. The van der Waals surface area contributed by atoms with E-state index in [2.05, 4.69) is 26.4 Å². The third kappa shape index (κ3) is 8.28. The molecule has 0 unspecified atom stereocenters. The summed E-state index contributed by atoms with van der Waals surface area (Å²) in [4.78, 5) is 32.5. The number of hydrogen-bond donors (Lipinski definition) is 3.